The van der Waals surface area contributed by atoms with Gasteiger partial charge in [0.05, 0.1) is 10.6 Å². The minimum atomic E-state index is -3.56. The second-order valence-electron chi connectivity index (χ2n) is 6.38. The van der Waals surface area contributed by atoms with Gasteiger partial charge in [0, 0.05) is 6.42 Å². The van der Waals surface area contributed by atoms with Gasteiger partial charge in [0.2, 0.25) is 5.91 Å². The Hall–Kier alpha value is -2.87. The number of amides is 2. The van der Waals surface area contributed by atoms with Gasteiger partial charge in [-0.25, -0.2) is 8.42 Å². The summed E-state index contributed by atoms with van der Waals surface area (Å²) in [4.78, 5) is 24.1. The van der Waals surface area contributed by atoms with E-state index < -0.39 is 27.8 Å². The summed E-state index contributed by atoms with van der Waals surface area (Å²) in [5, 5.41) is 0. The fraction of sp³-hybridized carbons (Fsp3) is 0.300. The van der Waals surface area contributed by atoms with E-state index in [1.807, 2.05) is 26.0 Å². The summed E-state index contributed by atoms with van der Waals surface area (Å²) in [6.07, 6.45) is -1.11. The lowest BCUT2D eigenvalue weighted by Gasteiger charge is -2.17. The molecule has 0 fully saturated rings. The highest BCUT2D eigenvalue weighted by Crippen LogP contribution is 2.21. The first-order valence-corrected chi connectivity index (χ1v) is 10.5. The van der Waals surface area contributed by atoms with Crippen molar-refractivity contribution >= 4 is 21.7 Å². The topological polar surface area (TPSA) is 102 Å². The average Bonchev–Trinajstić information content (AvgIpc) is 2.68. The van der Waals surface area contributed by atoms with Crippen LogP contribution >= 0.6 is 0 Å². The van der Waals surface area contributed by atoms with Gasteiger partial charge >= 0.3 is 0 Å². The normalized spacial score (nSPS) is 12.1. The van der Waals surface area contributed by atoms with Crippen LogP contribution in [0.15, 0.2) is 53.4 Å². The van der Waals surface area contributed by atoms with Crippen molar-refractivity contribution in [2.45, 2.75) is 38.2 Å². The minimum Gasteiger partial charge on any atom is -0.481 e. The van der Waals surface area contributed by atoms with Crippen LogP contribution in [0.5, 0.6) is 5.75 Å². The van der Waals surface area contributed by atoms with E-state index >= 15 is 0 Å². The molecule has 2 N–H and O–H groups in total. The number of aryl methyl sites for hydroxylation is 1. The lowest BCUT2D eigenvalue weighted by molar-refractivity contribution is -0.132. The van der Waals surface area contributed by atoms with E-state index in [2.05, 4.69) is 10.9 Å². The fourth-order valence-corrected chi connectivity index (χ4v) is 3.63. The highest BCUT2D eigenvalue weighted by molar-refractivity contribution is 7.91. The van der Waals surface area contributed by atoms with Crippen LogP contribution in [-0.4, -0.2) is 32.1 Å². The summed E-state index contributed by atoms with van der Waals surface area (Å²) < 4.78 is 29.9. The Labute approximate surface area is 165 Å². The fourth-order valence-electron chi connectivity index (χ4n) is 2.36. The predicted molar refractivity (Wildman–Crippen MR) is 105 cm³/mol. The van der Waals surface area contributed by atoms with Gasteiger partial charge in [-0.2, -0.15) is 0 Å². The van der Waals surface area contributed by atoms with Gasteiger partial charge in [-0.3, -0.25) is 20.4 Å². The van der Waals surface area contributed by atoms with E-state index in [1.54, 1.807) is 31.2 Å². The lowest BCUT2D eigenvalue weighted by Crippen LogP contribution is -2.47. The van der Waals surface area contributed by atoms with Crippen LogP contribution in [0.4, 0.5) is 0 Å². The third kappa shape index (κ3) is 5.82. The number of hydrazine groups is 1. The number of sulfone groups is 1. The molecular formula is C20H24N2O5S. The first-order chi connectivity index (χ1) is 13.2. The van der Waals surface area contributed by atoms with Crippen molar-refractivity contribution in [2.24, 2.45) is 0 Å². The predicted octanol–water partition coefficient (Wildman–Crippen LogP) is 2.08. The molecule has 2 amide bonds. The van der Waals surface area contributed by atoms with Gasteiger partial charge < -0.3 is 4.74 Å². The summed E-state index contributed by atoms with van der Waals surface area (Å²) in [5.41, 5.74) is 6.44. The molecule has 0 saturated carbocycles. The second-order valence-corrected chi connectivity index (χ2v) is 8.49. The molecular weight excluding hydrogens is 380 g/mol. The third-order valence-corrected chi connectivity index (χ3v) is 5.99. The Kier molecular flexibility index (Phi) is 7.17. The average molecular weight is 404 g/mol. The highest BCUT2D eigenvalue weighted by Gasteiger charge is 2.19. The Morgan fingerprint density at radius 2 is 1.68 bits per heavy atom. The third-order valence-electron chi connectivity index (χ3n) is 4.25. The van der Waals surface area contributed by atoms with Crippen molar-refractivity contribution in [3.05, 3.63) is 59.7 Å². The van der Waals surface area contributed by atoms with Crippen LogP contribution in [0.3, 0.4) is 0 Å². The zero-order valence-corrected chi connectivity index (χ0v) is 16.9. The smallest absolute Gasteiger partial charge is 0.279 e. The molecule has 0 aliphatic rings. The van der Waals surface area contributed by atoms with Crippen LogP contribution in [-0.2, 0) is 19.4 Å². The van der Waals surface area contributed by atoms with Gasteiger partial charge in [-0.1, -0.05) is 30.3 Å². The molecule has 0 unspecified atom stereocenters. The zero-order valence-electron chi connectivity index (χ0n) is 16.1. The summed E-state index contributed by atoms with van der Waals surface area (Å²) in [6.45, 7) is 5.39. The monoisotopic (exact) mass is 404 g/mol. The van der Waals surface area contributed by atoms with Crippen molar-refractivity contribution in [1.29, 1.82) is 0 Å². The first kappa shape index (κ1) is 21.4. The van der Waals surface area contributed by atoms with Gasteiger partial charge in [0.1, 0.15) is 5.75 Å². The van der Waals surface area contributed by atoms with Crippen molar-refractivity contribution in [2.75, 3.05) is 5.75 Å². The maximum Gasteiger partial charge on any atom is 0.279 e. The Bertz CT molecular complexity index is 942. The molecule has 7 nitrogen and oxygen atoms in total. The summed E-state index contributed by atoms with van der Waals surface area (Å²) in [6, 6.07) is 13.4. The SMILES string of the molecule is Cc1cccc(O[C@H](C)C(=O)NNC(=O)CCS(=O)(=O)c2ccccc2)c1C. The van der Waals surface area contributed by atoms with E-state index in [0.29, 0.717) is 5.75 Å². The number of nitrogens with one attached hydrogen (secondary N) is 2. The van der Waals surface area contributed by atoms with Gasteiger partial charge in [-0.15, -0.1) is 0 Å². The lowest BCUT2D eigenvalue weighted by atomic mass is 10.1. The standard InChI is InChI=1S/C20H24N2O5S/c1-14-8-7-11-18(15(14)2)27-16(3)20(24)22-21-19(23)12-13-28(25,26)17-9-5-4-6-10-17/h4-11,16H,12-13H2,1-3H3,(H,21,23)(H,22,24)/t16-/m1/s1. The summed E-state index contributed by atoms with van der Waals surface area (Å²) in [7, 11) is -3.56. The summed E-state index contributed by atoms with van der Waals surface area (Å²) >= 11 is 0. The number of carbonyl (C=O) groups excluding carboxylic acids is 2. The number of hydrogen-bond donors (Lipinski definition) is 2. The molecule has 0 aromatic heterocycles. The molecule has 1 atom stereocenters. The molecule has 2 rings (SSSR count). The zero-order chi connectivity index (χ0) is 20.7. The van der Waals surface area contributed by atoms with Gasteiger partial charge in [0.15, 0.2) is 15.9 Å². The Morgan fingerprint density at radius 1 is 1.00 bits per heavy atom. The molecule has 0 spiro atoms. The van der Waals surface area contributed by atoms with Crippen LogP contribution in [0.1, 0.15) is 24.5 Å². The molecule has 0 aliphatic heterocycles. The number of benzene rings is 2. The van der Waals surface area contributed by atoms with Crippen molar-refractivity contribution in [3.63, 3.8) is 0 Å². The van der Waals surface area contributed by atoms with Crippen LogP contribution in [0, 0.1) is 13.8 Å². The quantitative estimate of drug-likeness (QED) is 0.688. The maximum absolute atomic E-state index is 12.2. The van der Waals surface area contributed by atoms with Crippen LogP contribution < -0.4 is 15.6 Å². The summed E-state index contributed by atoms with van der Waals surface area (Å²) in [5.74, 6) is -0.914. The number of rotatable bonds is 7. The number of hydrogen-bond acceptors (Lipinski definition) is 5. The second kappa shape index (κ2) is 9.36. The van der Waals surface area contributed by atoms with Gasteiger partial charge in [0.25, 0.3) is 5.91 Å². The van der Waals surface area contributed by atoms with E-state index in [4.69, 9.17) is 4.74 Å². The van der Waals surface area contributed by atoms with E-state index in [0.717, 1.165) is 11.1 Å². The largest absolute Gasteiger partial charge is 0.481 e. The Morgan fingerprint density at radius 3 is 2.36 bits per heavy atom. The Balaban J connectivity index is 1.82. The van der Waals surface area contributed by atoms with E-state index in [-0.39, 0.29) is 17.1 Å². The van der Waals surface area contributed by atoms with Crippen molar-refractivity contribution < 1.29 is 22.7 Å². The minimum absolute atomic E-state index is 0.155. The number of carbonyl (C=O) groups is 2. The molecule has 2 aromatic carbocycles. The maximum atomic E-state index is 12.2. The first-order valence-electron chi connectivity index (χ1n) is 8.80. The molecule has 150 valence electrons. The van der Waals surface area contributed by atoms with Crippen LogP contribution in [0.2, 0.25) is 0 Å². The molecule has 28 heavy (non-hydrogen) atoms. The molecule has 8 heteroatoms. The van der Waals surface area contributed by atoms with Crippen molar-refractivity contribution in [1.82, 2.24) is 10.9 Å². The van der Waals surface area contributed by atoms with Crippen LogP contribution in [0.25, 0.3) is 0 Å². The molecule has 0 saturated heterocycles. The molecule has 2 aromatic rings. The van der Waals surface area contributed by atoms with Crippen molar-refractivity contribution in [3.8, 4) is 5.75 Å². The molecule has 0 bridgehead atoms. The number of ether oxygens (including phenoxy) is 1. The molecule has 0 aliphatic carbocycles. The van der Waals surface area contributed by atoms with Gasteiger partial charge in [-0.05, 0) is 50.1 Å². The van der Waals surface area contributed by atoms with E-state index in [1.165, 1.54) is 12.1 Å². The van der Waals surface area contributed by atoms with E-state index in [9.17, 15) is 18.0 Å². The highest BCUT2D eigenvalue weighted by atomic mass is 32.2. The molecule has 0 radical (unpaired) electrons. The molecule has 0 heterocycles.